The van der Waals surface area contributed by atoms with Crippen molar-refractivity contribution in [2.75, 3.05) is 13.1 Å². The minimum atomic E-state index is 0.434. The standard InChI is InChI=1S/C20H21NO/c22-18-6-2-4-15-11-17-19-14(3-1-5-16(19)20(15)18)9-10-21(17)12-13-7-8-13/h1-6,13,17,22H,7-12H2/t17-/m1/s1. The van der Waals surface area contributed by atoms with E-state index < -0.39 is 0 Å². The van der Waals surface area contributed by atoms with Crippen LogP contribution < -0.4 is 0 Å². The van der Waals surface area contributed by atoms with E-state index >= 15 is 0 Å². The third kappa shape index (κ3) is 1.83. The van der Waals surface area contributed by atoms with Crippen molar-refractivity contribution in [3.63, 3.8) is 0 Å². The first kappa shape index (κ1) is 12.7. The number of aromatic hydroxyl groups is 1. The highest BCUT2D eigenvalue weighted by Gasteiger charge is 2.37. The normalized spacial score (nSPS) is 23.0. The third-order valence-electron chi connectivity index (χ3n) is 5.64. The molecule has 5 rings (SSSR count). The first-order chi connectivity index (χ1) is 10.8. The molecule has 1 atom stereocenters. The zero-order valence-electron chi connectivity index (χ0n) is 12.8. The molecule has 0 amide bonds. The maximum atomic E-state index is 10.4. The lowest BCUT2D eigenvalue weighted by atomic mass is 9.77. The monoisotopic (exact) mass is 291 g/mol. The lowest BCUT2D eigenvalue weighted by Gasteiger charge is -2.42. The molecular formula is C20H21NO. The maximum Gasteiger partial charge on any atom is 0.123 e. The molecule has 1 heterocycles. The molecule has 0 bridgehead atoms. The smallest absolute Gasteiger partial charge is 0.123 e. The summed E-state index contributed by atoms with van der Waals surface area (Å²) in [5.74, 6) is 1.36. The molecule has 0 saturated heterocycles. The summed E-state index contributed by atoms with van der Waals surface area (Å²) in [6.45, 7) is 2.44. The molecule has 112 valence electrons. The third-order valence-corrected chi connectivity index (χ3v) is 5.64. The summed E-state index contributed by atoms with van der Waals surface area (Å²) >= 11 is 0. The highest BCUT2D eigenvalue weighted by Crippen LogP contribution is 2.48. The van der Waals surface area contributed by atoms with Crippen molar-refractivity contribution in [3.8, 4) is 16.9 Å². The predicted molar refractivity (Wildman–Crippen MR) is 88.0 cm³/mol. The SMILES string of the molecule is Oc1cccc2c1-c1cccc3c1[C@@H](C2)N(CC1CC1)CC3. The van der Waals surface area contributed by atoms with Gasteiger partial charge in [0.1, 0.15) is 5.75 Å². The lowest BCUT2D eigenvalue weighted by molar-refractivity contribution is 0.175. The van der Waals surface area contributed by atoms with Crippen LogP contribution in [0.2, 0.25) is 0 Å². The molecule has 0 aromatic heterocycles. The molecule has 22 heavy (non-hydrogen) atoms. The van der Waals surface area contributed by atoms with Gasteiger partial charge in [0.2, 0.25) is 0 Å². The molecule has 1 N–H and O–H groups in total. The van der Waals surface area contributed by atoms with Crippen molar-refractivity contribution in [1.29, 1.82) is 0 Å². The molecule has 2 heteroatoms. The molecule has 0 unspecified atom stereocenters. The van der Waals surface area contributed by atoms with E-state index in [1.807, 2.05) is 12.1 Å². The summed E-state index contributed by atoms with van der Waals surface area (Å²) in [4.78, 5) is 2.70. The summed E-state index contributed by atoms with van der Waals surface area (Å²) in [7, 11) is 0. The molecule has 3 aliphatic rings. The van der Waals surface area contributed by atoms with Crippen LogP contribution in [0.15, 0.2) is 36.4 Å². The Balaban J connectivity index is 1.68. The number of hydrogen-bond donors (Lipinski definition) is 1. The topological polar surface area (TPSA) is 23.5 Å². The Morgan fingerprint density at radius 1 is 1.05 bits per heavy atom. The van der Waals surface area contributed by atoms with E-state index in [9.17, 15) is 5.11 Å². The van der Waals surface area contributed by atoms with Gasteiger partial charge < -0.3 is 5.11 Å². The Bertz CT molecular complexity index is 747. The van der Waals surface area contributed by atoms with Crippen LogP contribution in [-0.2, 0) is 12.8 Å². The first-order valence-electron chi connectivity index (χ1n) is 8.48. The molecule has 0 spiro atoms. The van der Waals surface area contributed by atoms with Crippen LogP contribution in [0.3, 0.4) is 0 Å². The molecule has 2 aliphatic carbocycles. The van der Waals surface area contributed by atoms with Gasteiger partial charge in [-0.15, -0.1) is 0 Å². The molecule has 1 aliphatic heterocycles. The van der Waals surface area contributed by atoms with Gasteiger partial charge in [-0.05, 0) is 59.9 Å². The van der Waals surface area contributed by atoms with E-state index in [4.69, 9.17) is 0 Å². The van der Waals surface area contributed by atoms with Crippen LogP contribution in [0, 0.1) is 5.92 Å². The number of benzene rings is 2. The van der Waals surface area contributed by atoms with Crippen molar-refractivity contribution < 1.29 is 5.11 Å². The van der Waals surface area contributed by atoms with Crippen molar-refractivity contribution >= 4 is 0 Å². The number of fused-ring (bicyclic) bond motifs is 2. The molecule has 1 saturated carbocycles. The number of phenolic OH excluding ortho intramolecular Hbond substituents is 1. The molecule has 2 aromatic carbocycles. The van der Waals surface area contributed by atoms with Crippen LogP contribution in [-0.4, -0.2) is 23.1 Å². The number of hydrogen-bond acceptors (Lipinski definition) is 2. The van der Waals surface area contributed by atoms with E-state index in [1.54, 1.807) is 0 Å². The second kappa shape index (κ2) is 4.60. The zero-order valence-corrected chi connectivity index (χ0v) is 12.8. The van der Waals surface area contributed by atoms with Gasteiger partial charge in [0, 0.05) is 24.7 Å². The molecule has 2 nitrogen and oxygen atoms in total. The lowest BCUT2D eigenvalue weighted by Crippen LogP contribution is -2.39. The average Bonchev–Trinajstić information content (AvgIpc) is 3.34. The Morgan fingerprint density at radius 2 is 1.86 bits per heavy atom. The summed E-state index contributed by atoms with van der Waals surface area (Å²) in [5, 5.41) is 10.4. The van der Waals surface area contributed by atoms with E-state index in [0.29, 0.717) is 11.8 Å². The highest BCUT2D eigenvalue weighted by atomic mass is 16.3. The maximum absolute atomic E-state index is 10.4. The summed E-state index contributed by atoms with van der Waals surface area (Å²) < 4.78 is 0. The second-order valence-electron chi connectivity index (χ2n) is 7.10. The van der Waals surface area contributed by atoms with Gasteiger partial charge in [0.25, 0.3) is 0 Å². The van der Waals surface area contributed by atoms with Crippen LogP contribution in [0.25, 0.3) is 11.1 Å². The van der Waals surface area contributed by atoms with Gasteiger partial charge in [-0.2, -0.15) is 0 Å². The number of nitrogens with zero attached hydrogens (tertiary/aromatic N) is 1. The Morgan fingerprint density at radius 3 is 2.73 bits per heavy atom. The fraction of sp³-hybridized carbons (Fsp3) is 0.400. The highest BCUT2D eigenvalue weighted by molar-refractivity contribution is 5.80. The van der Waals surface area contributed by atoms with Crippen molar-refractivity contribution in [2.45, 2.75) is 31.7 Å². The first-order valence-corrected chi connectivity index (χ1v) is 8.48. The number of phenols is 1. The van der Waals surface area contributed by atoms with Gasteiger partial charge in [-0.3, -0.25) is 4.90 Å². The van der Waals surface area contributed by atoms with Gasteiger partial charge >= 0.3 is 0 Å². The minimum absolute atomic E-state index is 0.434. The Hall–Kier alpha value is -1.80. The molecule has 0 radical (unpaired) electrons. The minimum Gasteiger partial charge on any atom is -0.507 e. The van der Waals surface area contributed by atoms with Crippen LogP contribution in [0.1, 0.15) is 35.6 Å². The van der Waals surface area contributed by atoms with Gasteiger partial charge in [0.15, 0.2) is 0 Å². The fourth-order valence-electron chi connectivity index (χ4n) is 4.40. The average molecular weight is 291 g/mol. The fourth-order valence-corrected chi connectivity index (χ4v) is 4.40. The van der Waals surface area contributed by atoms with Crippen LogP contribution >= 0.6 is 0 Å². The van der Waals surface area contributed by atoms with Crippen LogP contribution in [0.5, 0.6) is 5.75 Å². The Kier molecular flexibility index (Phi) is 2.66. The summed E-state index contributed by atoms with van der Waals surface area (Å²) in [6, 6.07) is 13.1. The summed E-state index contributed by atoms with van der Waals surface area (Å²) in [5.41, 5.74) is 6.62. The molecular weight excluding hydrogens is 270 g/mol. The second-order valence-corrected chi connectivity index (χ2v) is 7.10. The van der Waals surface area contributed by atoms with E-state index in [0.717, 1.165) is 24.3 Å². The van der Waals surface area contributed by atoms with E-state index in [2.05, 4.69) is 29.2 Å². The van der Waals surface area contributed by atoms with Crippen LogP contribution in [0.4, 0.5) is 0 Å². The molecule has 2 aromatic rings. The zero-order chi connectivity index (χ0) is 14.7. The quantitative estimate of drug-likeness (QED) is 0.906. The van der Waals surface area contributed by atoms with Gasteiger partial charge in [0.05, 0.1) is 0 Å². The van der Waals surface area contributed by atoms with Gasteiger partial charge in [-0.1, -0.05) is 30.3 Å². The molecule has 1 fully saturated rings. The predicted octanol–water partition coefficient (Wildman–Crippen LogP) is 3.92. The number of rotatable bonds is 2. The van der Waals surface area contributed by atoms with E-state index in [-0.39, 0.29) is 0 Å². The van der Waals surface area contributed by atoms with Crippen molar-refractivity contribution in [1.82, 2.24) is 4.90 Å². The van der Waals surface area contributed by atoms with Crippen molar-refractivity contribution in [2.24, 2.45) is 5.92 Å². The summed E-state index contributed by atoms with van der Waals surface area (Å²) in [6.07, 6.45) is 5.01. The Labute approximate surface area is 131 Å². The van der Waals surface area contributed by atoms with Crippen molar-refractivity contribution in [3.05, 3.63) is 53.1 Å². The van der Waals surface area contributed by atoms with Gasteiger partial charge in [-0.25, -0.2) is 0 Å². The van der Waals surface area contributed by atoms with E-state index in [1.165, 1.54) is 48.2 Å². The largest absolute Gasteiger partial charge is 0.507 e.